The first-order valence-electron chi connectivity index (χ1n) is 11.5. The fraction of sp³-hybridized carbons (Fsp3) is 0.760. The Morgan fingerprint density at radius 3 is 2.47 bits per heavy atom. The highest BCUT2D eigenvalue weighted by molar-refractivity contribution is 6.30. The zero-order chi connectivity index (χ0) is 21.9. The number of rotatable bonds is 4. The molecule has 0 aromatic carbocycles. The van der Waals surface area contributed by atoms with E-state index in [2.05, 4.69) is 19.9 Å². The zero-order valence-corrected chi connectivity index (χ0v) is 19.7. The molecule has 2 fully saturated rings. The number of carbonyl (C=O) groups excluding carboxylic acids is 2. The van der Waals surface area contributed by atoms with Crippen LogP contribution in [0.5, 0.6) is 0 Å². The Balaban J connectivity index is 1.72. The van der Waals surface area contributed by atoms with E-state index in [0.717, 1.165) is 49.3 Å². The monoisotopic (exact) mass is 434 g/mol. The Labute approximate surface area is 185 Å². The van der Waals surface area contributed by atoms with E-state index in [0.29, 0.717) is 30.8 Å². The number of ketones is 1. The van der Waals surface area contributed by atoms with Crippen molar-refractivity contribution in [2.24, 2.45) is 28.6 Å². The van der Waals surface area contributed by atoms with Gasteiger partial charge >= 0.3 is 5.97 Å². The van der Waals surface area contributed by atoms with Gasteiger partial charge in [-0.3, -0.25) is 9.59 Å². The second-order valence-corrected chi connectivity index (χ2v) is 10.8. The third-order valence-electron chi connectivity index (χ3n) is 9.11. The Bertz CT molecular complexity index is 829. The molecular weight excluding hydrogens is 400 g/mol. The van der Waals surface area contributed by atoms with E-state index < -0.39 is 5.60 Å². The van der Waals surface area contributed by atoms with E-state index >= 15 is 0 Å². The molecule has 30 heavy (non-hydrogen) atoms. The van der Waals surface area contributed by atoms with Gasteiger partial charge in [-0.1, -0.05) is 25.4 Å². The topological polar surface area (TPSA) is 52.6 Å². The average Bonchev–Trinajstić information content (AvgIpc) is 2.96. The molecule has 166 valence electrons. The summed E-state index contributed by atoms with van der Waals surface area (Å²) in [4.78, 5) is 24.8. The first kappa shape index (κ1) is 21.9. The summed E-state index contributed by atoms with van der Waals surface area (Å²) in [6.45, 7) is 10.3. The number of esters is 1. The van der Waals surface area contributed by atoms with Crippen molar-refractivity contribution < 1.29 is 19.1 Å². The van der Waals surface area contributed by atoms with Crippen LogP contribution in [-0.4, -0.2) is 24.0 Å². The van der Waals surface area contributed by atoms with Gasteiger partial charge in [0.05, 0.1) is 12.4 Å². The van der Waals surface area contributed by atoms with Crippen LogP contribution in [0.2, 0.25) is 0 Å². The van der Waals surface area contributed by atoms with Gasteiger partial charge in [0.2, 0.25) is 0 Å². The Hall–Kier alpha value is -1.29. The molecule has 0 N–H and O–H groups in total. The van der Waals surface area contributed by atoms with Gasteiger partial charge in [0, 0.05) is 23.8 Å². The van der Waals surface area contributed by atoms with Crippen LogP contribution in [0.15, 0.2) is 22.4 Å². The van der Waals surface area contributed by atoms with Gasteiger partial charge in [0.1, 0.15) is 0 Å². The largest absolute Gasteiger partial charge is 0.498 e. The maximum atomic E-state index is 12.8. The molecule has 0 aliphatic heterocycles. The van der Waals surface area contributed by atoms with Crippen LogP contribution in [0.3, 0.4) is 0 Å². The molecule has 0 aromatic heterocycles. The summed E-state index contributed by atoms with van der Waals surface area (Å²) in [5.41, 5.74) is 0.00252. The molecule has 4 aliphatic carbocycles. The maximum Gasteiger partial charge on any atom is 0.303 e. The van der Waals surface area contributed by atoms with Crippen molar-refractivity contribution in [1.29, 1.82) is 0 Å². The van der Waals surface area contributed by atoms with Crippen LogP contribution in [0, 0.1) is 28.6 Å². The van der Waals surface area contributed by atoms with Crippen molar-refractivity contribution in [1.82, 2.24) is 0 Å². The van der Waals surface area contributed by atoms with E-state index in [1.165, 1.54) is 12.5 Å². The van der Waals surface area contributed by atoms with Crippen LogP contribution in [-0.2, 0) is 19.1 Å². The zero-order valence-electron chi connectivity index (χ0n) is 19.0. The van der Waals surface area contributed by atoms with Crippen LogP contribution < -0.4 is 0 Å². The molecule has 6 atom stereocenters. The van der Waals surface area contributed by atoms with Crippen molar-refractivity contribution in [3.8, 4) is 0 Å². The lowest BCUT2D eigenvalue weighted by atomic mass is 9.47. The Morgan fingerprint density at radius 2 is 1.83 bits per heavy atom. The van der Waals surface area contributed by atoms with Crippen molar-refractivity contribution in [3.63, 3.8) is 0 Å². The summed E-state index contributed by atoms with van der Waals surface area (Å²) in [6, 6.07) is 0. The number of fused-ring (bicyclic) bond motifs is 5. The second kappa shape index (κ2) is 7.39. The molecule has 4 aliphatic rings. The highest BCUT2D eigenvalue weighted by Crippen LogP contribution is 2.68. The van der Waals surface area contributed by atoms with Crippen molar-refractivity contribution in [3.05, 3.63) is 22.4 Å². The van der Waals surface area contributed by atoms with Gasteiger partial charge in [-0.25, -0.2) is 0 Å². The number of hydrogen-bond acceptors (Lipinski definition) is 4. The lowest BCUT2D eigenvalue weighted by Gasteiger charge is -2.58. The molecule has 0 spiro atoms. The van der Waals surface area contributed by atoms with E-state index in [4.69, 9.17) is 21.1 Å². The number of hydrogen-bond donors (Lipinski definition) is 0. The van der Waals surface area contributed by atoms with Gasteiger partial charge in [-0.15, -0.1) is 0 Å². The molecular formula is C25H35ClO4. The molecule has 0 radical (unpaired) electrons. The lowest BCUT2D eigenvalue weighted by Crippen LogP contribution is -2.58. The molecule has 0 amide bonds. The van der Waals surface area contributed by atoms with E-state index in [1.807, 2.05) is 6.92 Å². The number of Topliss-reactive ketones (excluding diaryl/α,β-unsaturated/α-hetero) is 1. The molecule has 0 aromatic rings. The molecule has 0 bridgehead atoms. The predicted octanol–water partition coefficient (Wildman–Crippen LogP) is 5.94. The molecule has 0 unspecified atom stereocenters. The van der Waals surface area contributed by atoms with Crippen LogP contribution in [0.4, 0.5) is 0 Å². The molecule has 4 nitrogen and oxygen atoms in total. The second-order valence-electron chi connectivity index (χ2n) is 10.3. The minimum Gasteiger partial charge on any atom is -0.498 e. The third-order valence-corrected chi connectivity index (χ3v) is 9.47. The van der Waals surface area contributed by atoms with E-state index in [9.17, 15) is 9.59 Å². The van der Waals surface area contributed by atoms with Gasteiger partial charge in [-0.2, -0.15) is 0 Å². The summed E-state index contributed by atoms with van der Waals surface area (Å²) >= 11 is 6.95. The van der Waals surface area contributed by atoms with E-state index in [-0.39, 0.29) is 22.6 Å². The summed E-state index contributed by atoms with van der Waals surface area (Å²) in [5, 5.41) is 0.952. The standard InChI is InChI=1S/C25H35ClO4/c1-6-29-17-7-10-23(4)19-8-11-24(5)20(18(19)14-22(26)21(23)13-17)9-12-25(24,15(2)27)30-16(3)28/h13,18-20H,6-12,14H2,1-5H3/t18-,19+,20+,23-,24+,25-/m1/s1. The first-order valence-corrected chi connectivity index (χ1v) is 11.9. The fourth-order valence-electron chi connectivity index (χ4n) is 7.73. The number of allylic oxidation sites excluding steroid dienone is 4. The van der Waals surface area contributed by atoms with Crippen LogP contribution in [0.1, 0.15) is 79.6 Å². The first-order chi connectivity index (χ1) is 14.1. The molecule has 0 heterocycles. The summed E-state index contributed by atoms with van der Waals surface area (Å²) in [7, 11) is 0. The average molecular weight is 435 g/mol. The lowest BCUT2D eigenvalue weighted by molar-refractivity contribution is -0.186. The SMILES string of the molecule is CCOC1=CC2=C(Cl)C[C@@H]3[C@H](CC[C@@]4(C)[C@H]3CC[C@@]4(OC(C)=O)C(C)=O)[C@@]2(C)CC1. The quantitative estimate of drug-likeness (QED) is 0.514. The predicted molar refractivity (Wildman–Crippen MR) is 117 cm³/mol. The fourth-order valence-corrected chi connectivity index (χ4v) is 8.18. The summed E-state index contributed by atoms with van der Waals surface area (Å²) in [6.07, 6.45) is 8.55. The maximum absolute atomic E-state index is 12.8. The van der Waals surface area contributed by atoms with Gasteiger partial charge in [0.25, 0.3) is 0 Å². The highest BCUT2D eigenvalue weighted by atomic mass is 35.5. The van der Waals surface area contributed by atoms with Crippen LogP contribution in [0.25, 0.3) is 0 Å². The normalized spacial score (nSPS) is 42.6. The molecule has 2 saturated carbocycles. The minimum absolute atomic E-state index is 0.00699. The molecule has 5 heteroatoms. The molecule has 0 saturated heterocycles. The number of carbonyl (C=O) groups is 2. The number of ether oxygens (including phenoxy) is 2. The van der Waals surface area contributed by atoms with Crippen molar-refractivity contribution in [2.45, 2.75) is 85.2 Å². The third kappa shape index (κ3) is 2.92. The Kier molecular flexibility index (Phi) is 5.40. The van der Waals surface area contributed by atoms with Crippen LogP contribution >= 0.6 is 11.6 Å². The van der Waals surface area contributed by atoms with Crippen molar-refractivity contribution >= 4 is 23.4 Å². The van der Waals surface area contributed by atoms with E-state index in [1.54, 1.807) is 6.92 Å². The summed E-state index contributed by atoms with van der Waals surface area (Å²) < 4.78 is 11.7. The van der Waals surface area contributed by atoms with Gasteiger partial charge < -0.3 is 9.47 Å². The number of halogens is 1. The minimum atomic E-state index is -0.986. The Morgan fingerprint density at radius 1 is 1.13 bits per heavy atom. The summed E-state index contributed by atoms with van der Waals surface area (Å²) in [5.74, 6) is 1.98. The highest BCUT2D eigenvalue weighted by Gasteiger charge is 2.67. The van der Waals surface area contributed by atoms with Gasteiger partial charge in [-0.05, 0) is 87.2 Å². The molecule has 4 rings (SSSR count). The van der Waals surface area contributed by atoms with Crippen molar-refractivity contribution in [2.75, 3.05) is 6.61 Å². The van der Waals surface area contributed by atoms with Gasteiger partial charge in [0.15, 0.2) is 11.4 Å². The smallest absolute Gasteiger partial charge is 0.303 e.